The first-order chi connectivity index (χ1) is 38.2. The molecule has 4 aliphatic heterocycles. The molecular formula is C52H62O28. The number of phenols is 2. The van der Waals surface area contributed by atoms with Gasteiger partial charge in [-0.25, -0.2) is 14.4 Å². The molecule has 0 radical (unpaired) electrons. The average molecular weight is 1140 g/mol. The lowest BCUT2D eigenvalue weighted by Crippen LogP contribution is -2.69. The van der Waals surface area contributed by atoms with E-state index in [1.165, 1.54) is 86.0 Å². The van der Waals surface area contributed by atoms with E-state index in [1.807, 2.05) is 0 Å². The van der Waals surface area contributed by atoms with Crippen molar-refractivity contribution in [2.24, 2.45) is 0 Å². The lowest BCUT2D eigenvalue weighted by atomic mass is 9.95. The summed E-state index contributed by atoms with van der Waals surface area (Å²) >= 11 is 0. The van der Waals surface area contributed by atoms with Crippen molar-refractivity contribution in [2.45, 2.75) is 123 Å². The van der Waals surface area contributed by atoms with Gasteiger partial charge in [-0.1, -0.05) is 36.4 Å². The van der Waals surface area contributed by atoms with Crippen LogP contribution < -0.4 is 4.74 Å². The molecule has 4 saturated heterocycles. The Hall–Kier alpha value is -6.26. The number of rotatable bonds is 21. The molecular weight excluding hydrogens is 1070 g/mol. The second kappa shape index (κ2) is 27.5. The second-order valence-electron chi connectivity index (χ2n) is 18.6. The summed E-state index contributed by atoms with van der Waals surface area (Å²) in [7, 11) is 1.27. The molecule has 4 heterocycles. The highest BCUT2D eigenvalue weighted by molar-refractivity contribution is 5.90. The first-order valence-corrected chi connectivity index (χ1v) is 24.7. The highest BCUT2D eigenvalue weighted by Gasteiger charge is 2.64. The first-order valence-electron chi connectivity index (χ1n) is 24.7. The van der Waals surface area contributed by atoms with Gasteiger partial charge in [0.1, 0.15) is 85.6 Å². The molecule has 28 nitrogen and oxygen atoms in total. The van der Waals surface area contributed by atoms with E-state index in [2.05, 4.69) is 0 Å². The molecule has 4 fully saturated rings. The standard InChI is InChI=1S/C52H62O28/c1-24(57)71-44-38(63)32(20-54)73-50(42(44)67)76-45-43(75-36(61)17-12-26-10-15-29(59)30(18-26)69-2)34(22-56)74-51(46(45)77-49-41(66)40(65)37(62)31(19-53)72-49)80-52(23-70-35(60)16-11-25-8-13-28(58)14-9-25)47(39(64)33(21-55)79-52)78-48(68)27-6-4-3-5-7-27/h3-18,31-34,37-47,49-51,53-56,58-59,62-67H,19-23H2,1-2H3/b16-11+,17-12+/t31-,32-,33-,34-,37-,38-,39-,40+,41-,42-,43-,44+,45+,46-,47+,49+,50+,51-,52+/m1/s1. The van der Waals surface area contributed by atoms with Gasteiger partial charge >= 0.3 is 23.9 Å². The Balaban J connectivity index is 1.37. The molecule has 28 heteroatoms. The smallest absolute Gasteiger partial charge is 0.338 e. The molecule has 80 heavy (non-hydrogen) atoms. The summed E-state index contributed by atoms with van der Waals surface area (Å²) in [5.74, 6) is -7.79. The van der Waals surface area contributed by atoms with Gasteiger partial charge in [0.2, 0.25) is 5.79 Å². The van der Waals surface area contributed by atoms with Crippen molar-refractivity contribution >= 4 is 36.0 Å². The molecule has 7 rings (SSSR count). The van der Waals surface area contributed by atoms with E-state index in [0.29, 0.717) is 5.56 Å². The Bertz CT molecular complexity index is 2600. The third-order valence-corrected chi connectivity index (χ3v) is 13.1. The maximum atomic E-state index is 14.0. The largest absolute Gasteiger partial charge is 0.508 e. The fourth-order valence-electron chi connectivity index (χ4n) is 9.00. The molecule has 0 unspecified atom stereocenters. The van der Waals surface area contributed by atoms with Crippen LogP contribution in [0.25, 0.3) is 12.2 Å². The summed E-state index contributed by atoms with van der Waals surface area (Å²) in [5, 5.41) is 130. The Morgan fingerprint density at radius 2 is 1.16 bits per heavy atom. The lowest BCUT2D eigenvalue weighted by molar-refractivity contribution is -0.421. The normalized spacial score (nSPS) is 34.5. The monoisotopic (exact) mass is 1130 g/mol. The van der Waals surface area contributed by atoms with E-state index in [4.69, 9.17) is 56.8 Å². The maximum absolute atomic E-state index is 14.0. The summed E-state index contributed by atoms with van der Waals surface area (Å²) in [6.45, 7) is -4.52. The van der Waals surface area contributed by atoms with Crippen LogP contribution in [0.5, 0.6) is 17.2 Å². The number of phenolic OH excluding ortho intramolecular Hbond substituents is 2. The number of methoxy groups -OCH3 is 1. The summed E-state index contributed by atoms with van der Waals surface area (Å²) < 4.78 is 70.6. The van der Waals surface area contributed by atoms with Gasteiger partial charge < -0.3 is 118 Å². The molecule has 12 N–H and O–H groups in total. The number of esters is 4. The van der Waals surface area contributed by atoms with Crippen molar-refractivity contribution in [3.8, 4) is 17.2 Å². The Kier molecular flexibility index (Phi) is 21.1. The van der Waals surface area contributed by atoms with Gasteiger partial charge in [0.15, 0.2) is 48.7 Å². The number of carbonyl (C=O) groups is 4. The number of aliphatic hydroxyl groups excluding tert-OH is 10. The van der Waals surface area contributed by atoms with E-state index in [-0.39, 0.29) is 28.4 Å². The van der Waals surface area contributed by atoms with Crippen LogP contribution in [-0.2, 0) is 66.5 Å². The van der Waals surface area contributed by atoms with Crippen molar-refractivity contribution in [1.82, 2.24) is 0 Å². The van der Waals surface area contributed by atoms with Gasteiger partial charge in [-0.2, -0.15) is 0 Å². The fourth-order valence-corrected chi connectivity index (χ4v) is 9.00. The topological polar surface area (TPSA) is 422 Å². The van der Waals surface area contributed by atoms with Gasteiger partial charge in [-0.3, -0.25) is 4.79 Å². The Morgan fingerprint density at radius 1 is 0.575 bits per heavy atom. The van der Waals surface area contributed by atoms with Crippen molar-refractivity contribution in [2.75, 3.05) is 40.1 Å². The van der Waals surface area contributed by atoms with E-state index in [9.17, 15) is 80.5 Å². The van der Waals surface area contributed by atoms with Gasteiger partial charge in [0.05, 0.1) is 39.1 Å². The lowest BCUT2D eigenvalue weighted by Gasteiger charge is -2.50. The number of benzene rings is 3. The molecule has 438 valence electrons. The van der Waals surface area contributed by atoms with Gasteiger partial charge in [-0.15, -0.1) is 0 Å². The molecule has 0 amide bonds. The number of hydrogen-bond acceptors (Lipinski definition) is 28. The summed E-state index contributed by atoms with van der Waals surface area (Å²) in [4.78, 5) is 53.7. The molecule has 19 atom stereocenters. The summed E-state index contributed by atoms with van der Waals surface area (Å²) in [6, 6.07) is 16.7. The van der Waals surface area contributed by atoms with Crippen LogP contribution in [-0.4, -0.2) is 242 Å². The molecule has 0 aromatic heterocycles. The van der Waals surface area contributed by atoms with Crippen LogP contribution >= 0.6 is 0 Å². The fraction of sp³-hybridized carbons (Fsp3) is 0.500. The quantitative estimate of drug-likeness (QED) is 0.0281. The zero-order valence-electron chi connectivity index (χ0n) is 42.6. The minimum Gasteiger partial charge on any atom is -0.508 e. The van der Waals surface area contributed by atoms with E-state index < -0.39 is 173 Å². The average Bonchev–Trinajstić information content (AvgIpc) is 3.73. The van der Waals surface area contributed by atoms with Crippen LogP contribution in [0.15, 0.2) is 84.9 Å². The minimum absolute atomic E-state index is 0.0119. The molecule has 0 bridgehead atoms. The van der Waals surface area contributed by atoms with Gasteiger partial charge in [0, 0.05) is 19.1 Å². The molecule has 3 aromatic rings. The molecule has 4 aliphatic rings. The van der Waals surface area contributed by atoms with Crippen molar-refractivity contribution in [3.05, 3.63) is 102 Å². The van der Waals surface area contributed by atoms with Gasteiger partial charge in [-0.05, 0) is 59.7 Å². The van der Waals surface area contributed by atoms with Crippen LogP contribution in [0.1, 0.15) is 28.4 Å². The summed E-state index contributed by atoms with van der Waals surface area (Å²) in [5.41, 5.74) is 0.568. The minimum atomic E-state index is -2.89. The van der Waals surface area contributed by atoms with Crippen molar-refractivity contribution in [3.63, 3.8) is 0 Å². The summed E-state index contributed by atoms with van der Waals surface area (Å²) in [6.07, 6.45) is -33.0. The number of ether oxygens (including phenoxy) is 12. The maximum Gasteiger partial charge on any atom is 0.338 e. The highest BCUT2D eigenvalue weighted by Crippen LogP contribution is 2.42. The zero-order chi connectivity index (χ0) is 58.0. The van der Waals surface area contributed by atoms with Crippen LogP contribution in [0.2, 0.25) is 0 Å². The molecule has 0 saturated carbocycles. The van der Waals surface area contributed by atoms with Crippen LogP contribution in [0, 0.1) is 0 Å². The predicted octanol–water partition coefficient (Wildman–Crippen LogP) is -3.36. The highest BCUT2D eigenvalue weighted by atomic mass is 16.8. The Labute approximate surface area is 454 Å². The molecule has 0 spiro atoms. The molecule has 3 aromatic carbocycles. The van der Waals surface area contributed by atoms with Crippen molar-refractivity contribution in [1.29, 1.82) is 0 Å². The number of carbonyl (C=O) groups excluding carboxylic acids is 4. The van der Waals surface area contributed by atoms with E-state index in [0.717, 1.165) is 19.1 Å². The van der Waals surface area contributed by atoms with E-state index in [1.54, 1.807) is 6.07 Å². The first kappa shape index (κ1) is 61.4. The Morgan fingerprint density at radius 3 is 1.80 bits per heavy atom. The number of aromatic hydroxyl groups is 2. The third kappa shape index (κ3) is 14.2. The van der Waals surface area contributed by atoms with Gasteiger partial charge in [0.25, 0.3) is 0 Å². The van der Waals surface area contributed by atoms with Crippen LogP contribution in [0.3, 0.4) is 0 Å². The van der Waals surface area contributed by atoms with E-state index >= 15 is 0 Å². The molecule has 0 aliphatic carbocycles. The number of hydrogen-bond donors (Lipinski definition) is 12. The SMILES string of the molecule is COc1cc(/C=C/C(=O)O[C@H]2[C@H](O[C@@H]3O[C@H](CO)[C@@H](O)[C@H](OC(C)=O)[C@H]3O)[C@@H](O[C@@H]3O[C@H](CO)[C@@H](O)[C@H](O)[C@H]3O)[C@@H](O[C@]3(COC(=O)/C=C/c4ccc(O)cc4)O[C@H](CO)[C@@H](O)[C@@H]3OC(=O)c3ccccc3)O[C@@H]2CO)ccc1O. The van der Waals surface area contributed by atoms with Crippen LogP contribution in [0.4, 0.5) is 0 Å². The zero-order valence-corrected chi connectivity index (χ0v) is 42.6. The number of aliphatic hydroxyl groups is 10. The van der Waals surface area contributed by atoms with Crippen molar-refractivity contribution < 1.29 is 137 Å². The predicted molar refractivity (Wildman–Crippen MR) is 262 cm³/mol. The second-order valence-corrected chi connectivity index (χ2v) is 18.6. The third-order valence-electron chi connectivity index (χ3n) is 13.1.